The Bertz CT molecular complexity index is 910. The molecule has 0 spiro atoms. The van der Waals surface area contributed by atoms with Crippen LogP contribution in [-0.4, -0.2) is 61.4 Å². The molecule has 2 fully saturated rings. The van der Waals surface area contributed by atoms with Crippen molar-refractivity contribution in [2.75, 3.05) is 49.6 Å². The number of piperidine rings is 1. The summed E-state index contributed by atoms with van der Waals surface area (Å²) in [5, 5.41) is 11.9. The second-order valence-corrected chi connectivity index (χ2v) is 9.43. The van der Waals surface area contributed by atoms with Crippen molar-refractivity contribution in [3.63, 3.8) is 0 Å². The van der Waals surface area contributed by atoms with Crippen molar-refractivity contribution in [2.45, 2.75) is 25.9 Å². The quantitative estimate of drug-likeness (QED) is 0.673. The van der Waals surface area contributed by atoms with Gasteiger partial charge in [0.25, 0.3) is 0 Å². The van der Waals surface area contributed by atoms with Crippen LogP contribution in [0.25, 0.3) is 0 Å². The molecule has 1 aromatic rings. The van der Waals surface area contributed by atoms with Crippen LogP contribution >= 0.6 is 11.8 Å². The minimum absolute atomic E-state index is 0.0145. The number of amides is 2. The van der Waals surface area contributed by atoms with E-state index in [0.29, 0.717) is 44.2 Å². The van der Waals surface area contributed by atoms with Gasteiger partial charge in [0.05, 0.1) is 28.9 Å². The summed E-state index contributed by atoms with van der Waals surface area (Å²) in [5.74, 6) is 0.333. The van der Waals surface area contributed by atoms with Crippen LogP contribution in [0, 0.1) is 29.1 Å². The molecule has 10 heteroatoms. The van der Waals surface area contributed by atoms with E-state index in [2.05, 4.69) is 5.32 Å². The molecule has 1 aromatic carbocycles. The van der Waals surface area contributed by atoms with Crippen molar-refractivity contribution >= 4 is 29.3 Å². The predicted molar refractivity (Wildman–Crippen MR) is 122 cm³/mol. The number of thioether (sulfide) groups is 1. The highest BCUT2D eigenvalue weighted by Gasteiger charge is 2.43. The van der Waals surface area contributed by atoms with Crippen LogP contribution in [0.2, 0.25) is 0 Å². The van der Waals surface area contributed by atoms with Crippen molar-refractivity contribution in [1.82, 2.24) is 10.2 Å². The van der Waals surface area contributed by atoms with E-state index in [4.69, 9.17) is 5.26 Å². The van der Waals surface area contributed by atoms with E-state index in [1.165, 1.54) is 23.9 Å². The Kier molecular flexibility index (Phi) is 8.16. The number of benzene rings is 1. The van der Waals surface area contributed by atoms with Gasteiger partial charge in [0.1, 0.15) is 0 Å². The van der Waals surface area contributed by atoms with E-state index in [1.54, 1.807) is 6.07 Å². The van der Waals surface area contributed by atoms with Crippen LogP contribution in [0.1, 0.15) is 30.9 Å². The number of nitrogens with zero attached hydrogens (tertiary/aromatic N) is 3. The summed E-state index contributed by atoms with van der Waals surface area (Å²) >= 11 is 1.49. The summed E-state index contributed by atoms with van der Waals surface area (Å²) in [5.41, 5.74) is -1.00. The zero-order valence-corrected chi connectivity index (χ0v) is 19.6. The van der Waals surface area contributed by atoms with Gasteiger partial charge >= 0.3 is 6.18 Å². The van der Waals surface area contributed by atoms with Gasteiger partial charge in [0.15, 0.2) is 0 Å². The van der Waals surface area contributed by atoms with E-state index in [1.807, 2.05) is 23.0 Å². The molecular formula is C23H29F3N4O2S. The number of nitrogens with one attached hydrogen (secondary N) is 1. The minimum atomic E-state index is -4.63. The molecule has 33 heavy (non-hydrogen) atoms. The smallest absolute Gasteiger partial charge is 0.370 e. The van der Waals surface area contributed by atoms with Gasteiger partial charge in [0, 0.05) is 38.4 Å². The molecular weight excluding hydrogens is 453 g/mol. The number of alkyl halides is 3. The maximum Gasteiger partial charge on any atom is 0.417 e. The molecule has 6 nitrogen and oxygen atoms in total. The Balaban J connectivity index is 1.80. The lowest BCUT2D eigenvalue weighted by Gasteiger charge is -2.36. The Morgan fingerprint density at radius 2 is 1.94 bits per heavy atom. The SMILES string of the molecule is CCNC(=O)[C@@H]1CN(c2ccc(C#N)c(C(F)(F)F)c2)C[C@H]1C1CCN(C(=O)CSC)CC1. The minimum Gasteiger partial charge on any atom is -0.370 e. The molecule has 0 unspecified atom stereocenters. The summed E-state index contributed by atoms with van der Waals surface area (Å²) in [4.78, 5) is 28.7. The number of hydrogen-bond acceptors (Lipinski definition) is 5. The van der Waals surface area contributed by atoms with Crippen molar-refractivity contribution in [3.05, 3.63) is 29.3 Å². The number of halogens is 3. The van der Waals surface area contributed by atoms with Gasteiger partial charge in [0.2, 0.25) is 11.8 Å². The molecule has 0 radical (unpaired) electrons. The Hall–Kier alpha value is -2.41. The maximum atomic E-state index is 13.5. The molecule has 2 heterocycles. The monoisotopic (exact) mass is 482 g/mol. The number of rotatable bonds is 6. The molecule has 0 saturated carbocycles. The van der Waals surface area contributed by atoms with Gasteiger partial charge in [-0.15, -0.1) is 0 Å². The summed E-state index contributed by atoms with van der Waals surface area (Å²) < 4.78 is 40.4. The standard InChI is InChI=1S/C23H29F3N4O2S/c1-3-28-22(32)19-13-30(17-5-4-16(11-27)20(10-17)23(24,25)26)12-18(19)15-6-8-29(9-7-15)21(31)14-33-2/h4-5,10,15,18-19H,3,6-9,12-14H2,1-2H3,(H,28,32)/t18-,19+/m0/s1. The Labute approximate surface area is 196 Å². The molecule has 1 N–H and O–H groups in total. The molecule has 0 aliphatic carbocycles. The number of anilines is 1. The molecule has 2 atom stereocenters. The van der Waals surface area contributed by atoms with E-state index in [9.17, 15) is 22.8 Å². The lowest BCUT2D eigenvalue weighted by atomic mass is 9.78. The highest BCUT2D eigenvalue weighted by molar-refractivity contribution is 7.99. The van der Waals surface area contributed by atoms with Gasteiger partial charge in [-0.1, -0.05) is 0 Å². The second kappa shape index (κ2) is 10.7. The van der Waals surface area contributed by atoms with E-state index >= 15 is 0 Å². The van der Waals surface area contributed by atoms with Crippen molar-refractivity contribution < 1.29 is 22.8 Å². The molecule has 2 amide bonds. The van der Waals surface area contributed by atoms with Crippen LogP contribution in [-0.2, 0) is 15.8 Å². The summed E-state index contributed by atoms with van der Waals surface area (Å²) in [7, 11) is 0. The fourth-order valence-corrected chi connectivity index (χ4v) is 5.38. The van der Waals surface area contributed by atoms with E-state index in [-0.39, 0.29) is 29.6 Å². The first-order chi connectivity index (χ1) is 15.7. The van der Waals surface area contributed by atoms with E-state index in [0.717, 1.165) is 18.9 Å². The molecule has 2 aliphatic heterocycles. The van der Waals surface area contributed by atoms with E-state index < -0.39 is 17.3 Å². The fraction of sp³-hybridized carbons (Fsp3) is 0.609. The number of carbonyl (C=O) groups is 2. The van der Waals surface area contributed by atoms with Crippen molar-refractivity contribution in [3.8, 4) is 6.07 Å². The number of nitriles is 1. The third kappa shape index (κ3) is 5.75. The molecule has 0 bridgehead atoms. The van der Waals surface area contributed by atoms with Crippen LogP contribution in [0.3, 0.4) is 0 Å². The molecule has 180 valence electrons. The fourth-order valence-electron chi connectivity index (χ4n) is 4.95. The van der Waals surface area contributed by atoms with Gasteiger partial charge in [-0.25, -0.2) is 0 Å². The third-order valence-corrected chi connectivity index (χ3v) is 7.15. The van der Waals surface area contributed by atoms with Crippen LogP contribution < -0.4 is 10.2 Å². The Morgan fingerprint density at radius 1 is 1.24 bits per heavy atom. The molecule has 0 aromatic heterocycles. The second-order valence-electron chi connectivity index (χ2n) is 8.56. The van der Waals surface area contributed by atoms with Crippen molar-refractivity contribution in [2.24, 2.45) is 17.8 Å². The van der Waals surface area contributed by atoms with Gasteiger partial charge in [-0.3, -0.25) is 9.59 Å². The largest absolute Gasteiger partial charge is 0.417 e. The van der Waals surface area contributed by atoms with Crippen LogP contribution in [0.4, 0.5) is 18.9 Å². The average Bonchev–Trinajstić information content (AvgIpc) is 3.24. The zero-order valence-electron chi connectivity index (χ0n) is 18.8. The summed E-state index contributed by atoms with van der Waals surface area (Å²) in [6.07, 6.45) is -1.19. The third-order valence-electron chi connectivity index (χ3n) is 6.61. The molecule has 2 saturated heterocycles. The Morgan fingerprint density at radius 3 is 2.52 bits per heavy atom. The molecule has 3 rings (SSSR count). The first-order valence-corrected chi connectivity index (χ1v) is 12.5. The number of carbonyl (C=O) groups excluding carboxylic acids is 2. The highest BCUT2D eigenvalue weighted by atomic mass is 32.2. The first kappa shape index (κ1) is 25.2. The number of likely N-dealkylation sites (tertiary alicyclic amines) is 1. The van der Waals surface area contributed by atoms with Gasteiger partial charge in [-0.2, -0.15) is 30.2 Å². The van der Waals surface area contributed by atoms with Crippen LogP contribution in [0.5, 0.6) is 0 Å². The molecule has 2 aliphatic rings. The zero-order chi connectivity index (χ0) is 24.2. The van der Waals surface area contributed by atoms with Crippen molar-refractivity contribution in [1.29, 1.82) is 5.26 Å². The van der Waals surface area contributed by atoms with Gasteiger partial charge in [-0.05, 0) is 56.1 Å². The average molecular weight is 483 g/mol. The lowest BCUT2D eigenvalue weighted by molar-refractivity contribution is -0.137. The highest BCUT2D eigenvalue weighted by Crippen LogP contribution is 2.40. The summed E-state index contributed by atoms with van der Waals surface area (Å²) in [6, 6.07) is 5.34. The first-order valence-electron chi connectivity index (χ1n) is 11.1. The normalized spacial score (nSPS) is 21.7. The number of hydrogen-bond donors (Lipinski definition) is 1. The topological polar surface area (TPSA) is 76.4 Å². The lowest BCUT2D eigenvalue weighted by Crippen LogP contribution is -2.44. The summed E-state index contributed by atoms with van der Waals surface area (Å²) in [6.45, 7) is 4.39. The van der Waals surface area contributed by atoms with Crippen LogP contribution in [0.15, 0.2) is 18.2 Å². The van der Waals surface area contributed by atoms with Gasteiger partial charge < -0.3 is 15.1 Å². The predicted octanol–water partition coefficient (Wildman–Crippen LogP) is 3.37. The maximum absolute atomic E-state index is 13.5.